The summed E-state index contributed by atoms with van der Waals surface area (Å²) >= 11 is 6.33. The van der Waals surface area contributed by atoms with Gasteiger partial charge in [0.25, 0.3) is 6.43 Å². The molecule has 5 heterocycles. The molecule has 178 valence electrons. The van der Waals surface area contributed by atoms with Crippen LogP contribution in [0.1, 0.15) is 30.7 Å². The summed E-state index contributed by atoms with van der Waals surface area (Å²) in [7, 11) is 0. The highest BCUT2D eigenvalue weighted by Crippen LogP contribution is 2.26. The fourth-order valence-electron chi connectivity index (χ4n) is 3.88. The van der Waals surface area contributed by atoms with Gasteiger partial charge in [-0.1, -0.05) is 11.6 Å². The molecule has 1 aliphatic heterocycles. The Hall–Kier alpha value is -4.11. The molecule has 1 fully saturated rings. The number of hydrogen-bond donors (Lipinski definition) is 2. The van der Waals surface area contributed by atoms with Gasteiger partial charge in [0.15, 0.2) is 11.5 Å². The van der Waals surface area contributed by atoms with E-state index in [1.54, 1.807) is 24.4 Å². The van der Waals surface area contributed by atoms with E-state index in [2.05, 4.69) is 46.8 Å². The van der Waals surface area contributed by atoms with Crippen molar-refractivity contribution in [3.05, 3.63) is 59.3 Å². The van der Waals surface area contributed by atoms with Gasteiger partial charge in [0.1, 0.15) is 16.9 Å². The number of hydrogen-bond acceptors (Lipinski definition) is 9. The van der Waals surface area contributed by atoms with Gasteiger partial charge >= 0.3 is 0 Å². The molecular formula is C22H19ClF2N10. The lowest BCUT2D eigenvalue weighted by Gasteiger charge is -2.33. The Bertz CT molecular complexity index is 1380. The molecule has 0 radical (unpaired) electrons. The van der Waals surface area contributed by atoms with Crippen LogP contribution in [0.5, 0.6) is 0 Å². The third-order valence-corrected chi connectivity index (χ3v) is 5.95. The molecule has 1 aliphatic rings. The summed E-state index contributed by atoms with van der Waals surface area (Å²) in [5.41, 5.74) is 1.38. The Labute approximate surface area is 203 Å². The van der Waals surface area contributed by atoms with Gasteiger partial charge in [-0.2, -0.15) is 10.2 Å². The van der Waals surface area contributed by atoms with Gasteiger partial charge in [-0.25, -0.2) is 18.7 Å². The van der Waals surface area contributed by atoms with E-state index in [0.29, 0.717) is 28.0 Å². The molecule has 4 aromatic rings. The highest BCUT2D eigenvalue weighted by molar-refractivity contribution is 6.32. The van der Waals surface area contributed by atoms with E-state index < -0.39 is 12.2 Å². The van der Waals surface area contributed by atoms with Crippen LogP contribution in [0.15, 0.2) is 42.9 Å². The Kier molecular flexibility index (Phi) is 6.24. The van der Waals surface area contributed by atoms with Crippen molar-refractivity contribution in [3.63, 3.8) is 0 Å². The molecule has 2 N–H and O–H groups in total. The van der Waals surface area contributed by atoms with E-state index in [9.17, 15) is 8.78 Å². The van der Waals surface area contributed by atoms with E-state index in [1.807, 2.05) is 6.07 Å². The van der Waals surface area contributed by atoms with Gasteiger partial charge in [0.2, 0.25) is 11.8 Å². The van der Waals surface area contributed by atoms with E-state index in [4.69, 9.17) is 16.9 Å². The van der Waals surface area contributed by atoms with Crippen molar-refractivity contribution < 1.29 is 8.78 Å². The highest BCUT2D eigenvalue weighted by atomic mass is 35.5. The highest BCUT2D eigenvalue weighted by Gasteiger charge is 2.22. The Morgan fingerprint density at radius 3 is 2.66 bits per heavy atom. The molecule has 4 aromatic heterocycles. The molecule has 10 nitrogen and oxygen atoms in total. The largest absolute Gasteiger partial charge is 0.366 e. The average Bonchev–Trinajstić information content (AvgIpc) is 3.30. The summed E-state index contributed by atoms with van der Waals surface area (Å²) in [4.78, 5) is 15.2. The number of alkyl halides is 2. The van der Waals surface area contributed by atoms with E-state index in [1.165, 1.54) is 16.8 Å². The third-order valence-electron chi connectivity index (χ3n) is 5.67. The van der Waals surface area contributed by atoms with Crippen molar-refractivity contribution >= 4 is 40.5 Å². The molecule has 0 bridgehead atoms. The van der Waals surface area contributed by atoms with Gasteiger partial charge in [-0.05, 0) is 31.0 Å². The van der Waals surface area contributed by atoms with Crippen molar-refractivity contribution in [2.24, 2.45) is 0 Å². The van der Waals surface area contributed by atoms with E-state index in [-0.39, 0.29) is 11.7 Å². The number of halogens is 3. The lowest BCUT2D eigenvalue weighted by Crippen LogP contribution is -2.39. The fraction of sp³-hybridized carbons (Fsp3) is 0.273. The lowest BCUT2D eigenvalue weighted by atomic mass is 10.0. The summed E-state index contributed by atoms with van der Waals surface area (Å²) < 4.78 is 27.2. The van der Waals surface area contributed by atoms with Crippen molar-refractivity contribution in [3.8, 4) is 6.07 Å². The number of piperidine rings is 1. The van der Waals surface area contributed by atoms with Crippen LogP contribution in [0, 0.1) is 11.3 Å². The van der Waals surface area contributed by atoms with Crippen LogP contribution in [-0.2, 0) is 0 Å². The smallest absolute Gasteiger partial charge is 0.297 e. The maximum Gasteiger partial charge on any atom is 0.297 e. The standard InChI is InChI=1S/C22H19ClF2N10/c23-16-12-28-22(30-15-5-8-35-18(9-15)32-33-21(35)19(24)25)31-20(16)29-14-3-6-34(7-4-14)17-2-1-13(10-26)11-27-17/h1-2,5,8-9,11-12,14,19H,3-4,6-7H2,(H2,28,29,30,31). The first-order chi connectivity index (χ1) is 17.0. The van der Waals surface area contributed by atoms with Gasteiger partial charge in [0.05, 0.1) is 11.8 Å². The van der Waals surface area contributed by atoms with Gasteiger partial charge in [-0.15, -0.1) is 10.2 Å². The van der Waals surface area contributed by atoms with E-state index >= 15 is 0 Å². The number of fused-ring (bicyclic) bond motifs is 1. The van der Waals surface area contributed by atoms with Crippen LogP contribution in [0.3, 0.4) is 0 Å². The second-order valence-corrected chi connectivity index (χ2v) is 8.35. The number of rotatable bonds is 6. The Morgan fingerprint density at radius 1 is 1.11 bits per heavy atom. The minimum absolute atomic E-state index is 0.157. The number of pyridine rings is 2. The normalized spacial score (nSPS) is 14.3. The summed E-state index contributed by atoms with van der Waals surface area (Å²) in [5, 5.41) is 23.1. The second kappa shape index (κ2) is 9.63. The third kappa shape index (κ3) is 4.90. The maximum atomic E-state index is 13.0. The minimum atomic E-state index is -2.72. The molecule has 0 aliphatic carbocycles. The van der Waals surface area contributed by atoms with Crippen LogP contribution in [0.4, 0.5) is 32.1 Å². The molecule has 0 aromatic carbocycles. The predicted molar refractivity (Wildman–Crippen MR) is 126 cm³/mol. The van der Waals surface area contributed by atoms with Gasteiger partial charge in [-0.3, -0.25) is 4.40 Å². The molecular weight excluding hydrogens is 478 g/mol. The van der Waals surface area contributed by atoms with Crippen molar-refractivity contribution in [2.75, 3.05) is 28.6 Å². The number of nitrogens with one attached hydrogen (secondary N) is 2. The van der Waals surface area contributed by atoms with Crippen molar-refractivity contribution in [1.82, 2.24) is 29.5 Å². The summed E-state index contributed by atoms with van der Waals surface area (Å²) in [6, 6.07) is 9.05. The van der Waals surface area contributed by atoms with Crippen LogP contribution < -0.4 is 15.5 Å². The summed E-state index contributed by atoms with van der Waals surface area (Å²) in [6.07, 6.45) is 3.52. The molecule has 35 heavy (non-hydrogen) atoms. The summed E-state index contributed by atoms with van der Waals surface area (Å²) in [5.74, 6) is 1.23. The topological polar surface area (TPSA) is 120 Å². The zero-order valence-electron chi connectivity index (χ0n) is 18.2. The quantitative estimate of drug-likeness (QED) is 0.404. The van der Waals surface area contributed by atoms with Gasteiger partial charge < -0.3 is 15.5 Å². The SMILES string of the molecule is N#Cc1ccc(N2CCC(Nc3nc(Nc4ccn5c(C(F)F)nnc5c4)ncc3Cl)CC2)nc1. The van der Waals surface area contributed by atoms with Crippen LogP contribution in [-0.4, -0.2) is 48.7 Å². The Balaban J connectivity index is 1.23. The lowest BCUT2D eigenvalue weighted by molar-refractivity contribution is 0.139. The zero-order valence-corrected chi connectivity index (χ0v) is 19.0. The van der Waals surface area contributed by atoms with Crippen LogP contribution in [0.2, 0.25) is 5.02 Å². The first kappa shape index (κ1) is 22.7. The van der Waals surface area contributed by atoms with E-state index in [0.717, 1.165) is 31.7 Å². The van der Waals surface area contributed by atoms with Crippen molar-refractivity contribution in [2.45, 2.75) is 25.3 Å². The molecule has 5 rings (SSSR count). The maximum absolute atomic E-state index is 13.0. The molecule has 0 atom stereocenters. The zero-order chi connectivity index (χ0) is 24.4. The number of aromatic nitrogens is 6. The fourth-order valence-corrected chi connectivity index (χ4v) is 4.02. The molecule has 0 spiro atoms. The molecule has 0 saturated carbocycles. The van der Waals surface area contributed by atoms with Gasteiger partial charge in [0, 0.05) is 43.3 Å². The summed E-state index contributed by atoms with van der Waals surface area (Å²) in [6.45, 7) is 1.59. The van der Waals surface area contributed by atoms with Crippen LogP contribution >= 0.6 is 11.6 Å². The molecule has 0 amide bonds. The Morgan fingerprint density at radius 2 is 1.94 bits per heavy atom. The van der Waals surface area contributed by atoms with Crippen molar-refractivity contribution in [1.29, 1.82) is 5.26 Å². The predicted octanol–water partition coefficient (Wildman–Crippen LogP) is 4.20. The second-order valence-electron chi connectivity index (χ2n) is 7.94. The first-order valence-electron chi connectivity index (χ1n) is 10.8. The molecule has 0 unspecified atom stereocenters. The number of anilines is 4. The molecule has 13 heteroatoms. The number of nitrogens with zero attached hydrogens (tertiary/aromatic N) is 8. The number of nitriles is 1. The molecule has 1 saturated heterocycles. The average molecular weight is 497 g/mol. The first-order valence-corrected chi connectivity index (χ1v) is 11.2. The monoisotopic (exact) mass is 496 g/mol. The van der Waals surface area contributed by atoms with Crippen LogP contribution in [0.25, 0.3) is 5.65 Å². The minimum Gasteiger partial charge on any atom is -0.366 e.